The van der Waals surface area contributed by atoms with Crippen LogP contribution in [0.3, 0.4) is 0 Å². The number of benzene rings is 4. The fraction of sp³-hybridized carbons (Fsp3) is 0.400. The second-order valence-electron chi connectivity index (χ2n) is 7.32. The van der Waals surface area contributed by atoms with Gasteiger partial charge in [0.15, 0.2) is 0 Å². The molecule has 0 bridgehead atoms. The molecule has 0 aliphatic carbocycles. The van der Waals surface area contributed by atoms with E-state index in [4.69, 9.17) is 0 Å². The molecule has 0 aromatic heterocycles. The quantitative estimate of drug-likeness (QED) is 0.279. The lowest BCUT2D eigenvalue weighted by atomic mass is 9.94. The molecule has 4 aromatic carbocycles. The van der Waals surface area contributed by atoms with Crippen molar-refractivity contribution in [3.05, 3.63) is 60.7 Å². The van der Waals surface area contributed by atoms with Crippen LogP contribution >= 0.6 is 0 Å². The van der Waals surface area contributed by atoms with Crippen molar-refractivity contribution in [3.63, 3.8) is 0 Å². The molecule has 0 radical (unpaired) electrons. The first-order chi connectivity index (χ1) is 13.7. The van der Waals surface area contributed by atoms with Gasteiger partial charge in [-0.3, -0.25) is 0 Å². The first kappa shape index (κ1) is 29.3. The molecular weight excluding hydrogens is 388 g/mol. The van der Waals surface area contributed by atoms with Gasteiger partial charge in [0, 0.05) is 48.3 Å². The summed E-state index contributed by atoms with van der Waals surface area (Å²) in [5.41, 5.74) is 2.68. The first-order valence-electron chi connectivity index (χ1n) is 10.6. The summed E-state index contributed by atoms with van der Waals surface area (Å²) in [5, 5.41) is 8.10. The third-order valence-corrected chi connectivity index (χ3v) is 6.05. The van der Waals surface area contributed by atoms with Gasteiger partial charge in [-0.25, -0.2) is 0 Å². The van der Waals surface area contributed by atoms with Gasteiger partial charge in [-0.15, -0.1) is 0 Å². The van der Waals surface area contributed by atoms with Crippen LogP contribution in [0.5, 0.6) is 0 Å². The summed E-state index contributed by atoms with van der Waals surface area (Å²) in [5.74, 6) is 0. The lowest BCUT2D eigenvalue weighted by Gasteiger charge is -2.27. The zero-order valence-corrected chi connectivity index (χ0v) is 17.5. The van der Waals surface area contributed by atoms with Crippen LogP contribution in [0.2, 0.25) is 0 Å². The fourth-order valence-electron chi connectivity index (χ4n) is 4.56. The highest BCUT2D eigenvalue weighted by atomic mass is 15.1. The van der Waals surface area contributed by atoms with Crippen molar-refractivity contribution < 1.29 is 0 Å². The Hall–Kier alpha value is -2.74. The van der Waals surface area contributed by atoms with Crippen molar-refractivity contribution in [3.8, 4) is 0 Å². The Morgan fingerprint density at radius 3 is 1.00 bits per heavy atom. The van der Waals surface area contributed by atoms with Gasteiger partial charge in [0.25, 0.3) is 0 Å². The van der Waals surface area contributed by atoms with E-state index in [1.54, 1.807) is 0 Å². The number of hydrogen-bond acceptors (Lipinski definition) is 2. The smallest absolute Gasteiger partial charge is 0.0452 e. The Morgan fingerprint density at radius 2 is 0.719 bits per heavy atom. The van der Waals surface area contributed by atoms with Crippen LogP contribution in [0, 0.1) is 0 Å². The fourth-order valence-corrected chi connectivity index (χ4v) is 4.56. The Morgan fingerprint density at radius 1 is 0.438 bits per heavy atom. The standard InChI is InChI=1S/C26H30N2.4CH4/c1-5-27(6-2)25-17-23-20-14-10-12-16-22(20)26(28(7-3)8-4)18-24(23)19-13-9-11-15-21(19)25;;;;/h9-18H,5-8H2,1-4H3;4*1H4. The maximum absolute atomic E-state index is 2.47. The van der Waals surface area contributed by atoms with Crippen LogP contribution in [0.1, 0.15) is 57.4 Å². The van der Waals surface area contributed by atoms with Crippen LogP contribution in [-0.2, 0) is 0 Å². The Kier molecular flexibility index (Phi) is 11.3. The van der Waals surface area contributed by atoms with E-state index in [2.05, 4.69) is 98.2 Å². The van der Waals surface area contributed by atoms with E-state index in [9.17, 15) is 0 Å². The molecule has 0 amide bonds. The third kappa shape index (κ3) is 4.70. The number of fused-ring (bicyclic) bond motifs is 5. The van der Waals surface area contributed by atoms with Gasteiger partial charge in [0.2, 0.25) is 0 Å². The van der Waals surface area contributed by atoms with Gasteiger partial charge in [0.1, 0.15) is 0 Å². The molecule has 0 aliphatic heterocycles. The second-order valence-corrected chi connectivity index (χ2v) is 7.32. The molecule has 2 heteroatoms. The lowest BCUT2D eigenvalue weighted by Crippen LogP contribution is -2.22. The van der Waals surface area contributed by atoms with Crippen LogP contribution in [0.25, 0.3) is 32.3 Å². The number of rotatable bonds is 6. The van der Waals surface area contributed by atoms with Gasteiger partial charge in [0.05, 0.1) is 0 Å². The van der Waals surface area contributed by atoms with Crippen molar-refractivity contribution >= 4 is 43.7 Å². The highest BCUT2D eigenvalue weighted by molar-refractivity contribution is 6.23. The minimum Gasteiger partial charge on any atom is -0.372 e. The van der Waals surface area contributed by atoms with E-state index < -0.39 is 0 Å². The summed E-state index contributed by atoms with van der Waals surface area (Å²) in [6.07, 6.45) is 0. The van der Waals surface area contributed by atoms with Gasteiger partial charge in [-0.05, 0) is 61.4 Å². The van der Waals surface area contributed by atoms with E-state index in [1.165, 1.54) is 43.7 Å². The Balaban J connectivity index is 0.00000240. The SMILES string of the molecule is C.C.C.C.CCN(CC)c1cc2c3ccccc3c(N(CC)CC)cc2c2ccccc12. The van der Waals surface area contributed by atoms with Crippen molar-refractivity contribution in [2.75, 3.05) is 36.0 Å². The highest BCUT2D eigenvalue weighted by Crippen LogP contribution is 2.41. The lowest BCUT2D eigenvalue weighted by molar-refractivity contribution is 0.870. The van der Waals surface area contributed by atoms with Crippen molar-refractivity contribution in [1.82, 2.24) is 0 Å². The predicted octanol–water partition coefficient (Wildman–Crippen LogP) is 9.38. The molecule has 0 saturated heterocycles. The van der Waals surface area contributed by atoms with Gasteiger partial charge < -0.3 is 9.80 Å². The molecule has 176 valence electrons. The topological polar surface area (TPSA) is 6.48 Å². The third-order valence-electron chi connectivity index (χ3n) is 6.05. The Labute approximate surface area is 197 Å². The zero-order valence-electron chi connectivity index (χ0n) is 17.5. The zero-order chi connectivity index (χ0) is 19.7. The molecule has 0 N–H and O–H groups in total. The maximum atomic E-state index is 2.47. The van der Waals surface area contributed by atoms with E-state index in [1.807, 2.05) is 0 Å². The molecule has 4 rings (SSSR count). The van der Waals surface area contributed by atoms with Crippen molar-refractivity contribution in [2.24, 2.45) is 0 Å². The minimum absolute atomic E-state index is 0. The van der Waals surface area contributed by atoms with Crippen molar-refractivity contribution in [1.29, 1.82) is 0 Å². The molecule has 0 spiro atoms. The largest absolute Gasteiger partial charge is 0.372 e. The molecule has 0 heterocycles. The summed E-state index contributed by atoms with van der Waals surface area (Å²) in [7, 11) is 0. The molecule has 2 nitrogen and oxygen atoms in total. The molecule has 0 saturated carbocycles. The molecule has 0 unspecified atom stereocenters. The first-order valence-corrected chi connectivity index (χ1v) is 10.6. The van der Waals surface area contributed by atoms with E-state index in [0.29, 0.717) is 0 Å². The molecular formula is C30H46N2. The molecule has 0 fully saturated rings. The minimum atomic E-state index is 0. The average Bonchev–Trinajstić information content (AvgIpc) is 2.75. The van der Waals surface area contributed by atoms with E-state index in [0.717, 1.165) is 26.2 Å². The number of nitrogens with zero attached hydrogens (tertiary/aromatic N) is 2. The summed E-state index contributed by atoms with van der Waals surface area (Å²) in [4.78, 5) is 4.93. The van der Waals surface area contributed by atoms with Crippen LogP contribution in [0.15, 0.2) is 60.7 Å². The second kappa shape index (κ2) is 12.3. The van der Waals surface area contributed by atoms with Gasteiger partial charge >= 0.3 is 0 Å². The van der Waals surface area contributed by atoms with Crippen LogP contribution in [0.4, 0.5) is 11.4 Å². The van der Waals surface area contributed by atoms with E-state index in [-0.39, 0.29) is 29.7 Å². The average molecular weight is 435 g/mol. The summed E-state index contributed by atoms with van der Waals surface area (Å²) < 4.78 is 0. The highest BCUT2D eigenvalue weighted by Gasteiger charge is 2.16. The molecule has 0 atom stereocenters. The maximum Gasteiger partial charge on any atom is 0.0452 e. The van der Waals surface area contributed by atoms with Crippen LogP contribution in [-0.4, -0.2) is 26.2 Å². The van der Waals surface area contributed by atoms with E-state index >= 15 is 0 Å². The number of anilines is 2. The van der Waals surface area contributed by atoms with Crippen molar-refractivity contribution in [2.45, 2.75) is 57.4 Å². The molecule has 0 aliphatic rings. The summed E-state index contributed by atoms with van der Waals surface area (Å²) in [6.45, 7) is 13.0. The predicted molar refractivity (Wildman–Crippen MR) is 153 cm³/mol. The molecule has 32 heavy (non-hydrogen) atoms. The van der Waals surface area contributed by atoms with Crippen LogP contribution < -0.4 is 9.80 Å². The summed E-state index contributed by atoms with van der Waals surface area (Å²) in [6, 6.07) is 22.6. The molecule has 4 aromatic rings. The Bertz CT molecular complexity index is 1030. The number of hydrogen-bond donors (Lipinski definition) is 0. The van der Waals surface area contributed by atoms with Gasteiger partial charge in [-0.2, -0.15) is 0 Å². The normalized spacial score (nSPS) is 10.0. The summed E-state index contributed by atoms with van der Waals surface area (Å²) >= 11 is 0. The van der Waals surface area contributed by atoms with Gasteiger partial charge in [-0.1, -0.05) is 78.2 Å². The monoisotopic (exact) mass is 434 g/mol.